The van der Waals surface area contributed by atoms with Gasteiger partial charge in [-0.3, -0.25) is 0 Å². The quantitative estimate of drug-likeness (QED) is 0.719. The van der Waals surface area contributed by atoms with E-state index in [1.807, 2.05) is 0 Å². The molecule has 0 aromatic heterocycles. The number of hydrogen-bond donors (Lipinski definition) is 3. The summed E-state index contributed by atoms with van der Waals surface area (Å²) in [5.41, 5.74) is 5.50. The first-order chi connectivity index (χ1) is 8.90. The molecular formula is C12H16N2O4S. The highest BCUT2D eigenvalue weighted by Crippen LogP contribution is 2.23. The van der Waals surface area contributed by atoms with E-state index in [2.05, 4.69) is 4.72 Å². The Balaban J connectivity index is 2.38. The van der Waals surface area contributed by atoms with Crippen LogP contribution < -0.4 is 10.5 Å². The molecule has 2 rings (SSSR count). The van der Waals surface area contributed by atoms with E-state index in [9.17, 15) is 13.2 Å². The van der Waals surface area contributed by atoms with E-state index >= 15 is 0 Å². The Morgan fingerprint density at radius 2 is 1.95 bits per heavy atom. The summed E-state index contributed by atoms with van der Waals surface area (Å²) in [5.74, 6) is -1.29. The van der Waals surface area contributed by atoms with Crippen molar-refractivity contribution in [2.45, 2.75) is 36.6 Å². The lowest BCUT2D eigenvalue weighted by Gasteiger charge is -2.14. The predicted octanol–water partition coefficient (Wildman–Crippen LogP) is 1.19. The van der Waals surface area contributed by atoms with Gasteiger partial charge < -0.3 is 10.8 Å². The van der Waals surface area contributed by atoms with Gasteiger partial charge in [-0.05, 0) is 31.0 Å². The summed E-state index contributed by atoms with van der Waals surface area (Å²) in [6.45, 7) is 0. The van der Waals surface area contributed by atoms with Crippen LogP contribution in [-0.2, 0) is 10.0 Å². The molecule has 0 bridgehead atoms. The molecule has 1 aliphatic carbocycles. The molecular weight excluding hydrogens is 268 g/mol. The topological polar surface area (TPSA) is 109 Å². The molecule has 6 nitrogen and oxygen atoms in total. The number of carboxylic acids is 1. The molecule has 0 atom stereocenters. The van der Waals surface area contributed by atoms with Crippen molar-refractivity contribution in [2.75, 3.05) is 5.73 Å². The van der Waals surface area contributed by atoms with Gasteiger partial charge in [0.05, 0.1) is 10.5 Å². The van der Waals surface area contributed by atoms with Crippen molar-refractivity contribution in [3.05, 3.63) is 23.8 Å². The number of nitrogen functional groups attached to an aromatic ring is 1. The number of carbonyl (C=O) groups is 1. The normalized spacial score (nSPS) is 16.6. The molecule has 1 aromatic rings. The van der Waals surface area contributed by atoms with Crippen LogP contribution in [0.4, 0.5) is 5.69 Å². The molecule has 0 aliphatic heterocycles. The monoisotopic (exact) mass is 284 g/mol. The summed E-state index contributed by atoms with van der Waals surface area (Å²) >= 11 is 0. The molecule has 0 amide bonds. The van der Waals surface area contributed by atoms with E-state index in [-0.39, 0.29) is 22.2 Å². The predicted molar refractivity (Wildman–Crippen MR) is 70.4 cm³/mol. The van der Waals surface area contributed by atoms with Gasteiger partial charge in [0.2, 0.25) is 10.0 Å². The largest absolute Gasteiger partial charge is 0.478 e. The lowest BCUT2D eigenvalue weighted by atomic mass is 10.2. The second kappa shape index (κ2) is 5.18. The SMILES string of the molecule is Nc1ccc(C(=O)O)c(S(=O)(=O)NC2CCCC2)c1. The van der Waals surface area contributed by atoms with Crippen LogP contribution in [0.3, 0.4) is 0 Å². The third kappa shape index (κ3) is 3.05. The maximum atomic E-state index is 12.2. The first-order valence-corrected chi connectivity index (χ1v) is 7.53. The molecule has 0 heterocycles. The van der Waals surface area contributed by atoms with Crippen molar-refractivity contribution in [3.8, 4) is 0 Å². The Bertz CT molecular complexity index is 592. The van der Waals surface area contributed by atoms with Crippen molar-refractivity contribution in [3.63, 3.8) is 0 Å². The summed E-state index contributed by atoms with van der Waals surface area (Å²) in [6.07, 6.45) is 3.53. The van der Waals surface area contributed by atoms with Crippen LogP contribution in [-0.4, -0.2) is 25.5 Å². The first-order valence-electron chi connectivity index (χ1n) is 6.05. The Morgan fingerprint density at radius 1 is 1.32 bits per heavy atom. The zero-order valence-electron chi connectivity index (χ0n) is 10.3. The standard InChI is InChI=1S/C12H16N2O4S/c13-8-5-6-10(12(15)16)11(7-8)19(17,18)14-9-3-1-2-4-9/h5-7,9,14H,1-4,13H2,(H,15,16). The van der Waals surface area contributed by atoms with E-state index in [1.54, 1.807) is 0 Å². The number of nitrogens with two attached hydrogens (primary N) is 1. The van der Waals surface area contributed by atoms with Crippen LogP contribution in [0, 0.1) is 0 Å². The van der Waals surface area contributed by atoms with Gasteiger partial charge in [-0.25, -0.2) is 17.9 Å². The molecule has 19 heavy (non-hydrogen) atoms. The highest BCUT2D eigenvalue weighted by molar-refractivity contribution is 7.89. The molecule has 104 valence electrons. The van der Waals surface area contributed by atoms with Gasteiger partial charge in [0.25, 0.3) is 0 Å². The molecule has 1 aliphatic rings. The number of anilines is 1. The molecule has 0 radical (unpaired) electrons. The summed E-state index contributed by atoms with van der Waals surface area (Å²) in [7, 11) is -3.85. The van der Waals surface area contributed by atoms with Crippen molar-refractivity contribution in [1.82, 2.24) is 4.72 Å². The third-order valence-electron chi connectivity index (χ3n) is 3.20. The molecule has 0 saturated heterocycles. The molecule has 4 N–H and O–H groups in total. The fourth-order valence-electron chi connectivity index (χ4n) is 2.26. The van der Waals surface area contributed by atoms with Crippen LogP contribution in [0.2, 0.25) is 0 Å². The fourth-order valence-corrected chi connectivity index (χ4v) is 3.80. The van der Waals surface area contributed by atoms with E-state index in [4.69, 9.17) is 10.8 Å². The molecule has 1 aromatic carbocycles. The van der Waals surface area contributed by atoms with Crippen molar-refractivity contribution in [2.24, 2.45) is 0 Å². The minimum absolute atomic E-state index is 0.118. The summed E-state index contributed by atoms with van der Waals surface area (Å²) in [4.78, 5) is 10.8. The third-order valence-corrected chi connectivity index (χ3v) is 4.76. The van der Waals surface area contributed by atoms with Gasteiger partial charge in [-0.2, -0.15) is 0 Å². The van der Waals surface area contributed by atoms with E-state index < -0.39 is 16.0 Å². The first kappa shape index (κ1) is 13.8. The van der Waals surface area contributed by atoms with E-state index in [0.29, 0.717) is 0 Å². The van der Waals surface area contributed by atoms with Crippen molar-refractivity contribution in [1.29, 1.82) is 0 Å². The highest BCUT2D eigenvalue weighted by atomic mass is 32.2. The van der Waals surface area contributed by atoms with Crippen LogP contribution >= 0.6 is 0 Å². The Kier molecular flexibility index (Phi) is 3.77. The van der Waals surface area contributed by atoms with Crippen LogP contribution in [0.5, 0.6) is 0 Å². The zero-order chi connectivity index (χ0) is 14.0. The van der Waals surface area contributed by atoms with E-state index in [1.165, 1.54) is 18.2 Å². The Hall–Kier alpha value is -1.60. The van der Waals surface area contributed by atoms with Crippen LogP contribution in [0.15, 0.2) is 23.1 Å². The summed E-state index contributed by atoms with van der Waals surface area (Å²) < 4.78 is 27.0. The smallest absolute Gasteiger partial charge is 0.337 e. The van der Waals surface area contributed by atoms with Gasteiger partial charge in [0.15, 0.2) is 0 Å². The number of hydrogen-bond acceptors (Lipinski definition) is 4. The molecule has 7 heteroatoms. The average Bonchev–Trinajstić information content (AvgIpc) is 2.80. The van der Waals surface area contributed by atoms with Gasteiger partial charge in [-0.15, -0.1) is 0 Å². The zero-order valence-corrected chi connectivity index (χ0v) is 11.1. The lowest BCUT2D eigenvalue weighted by Crippen LogP contribution is -2.33. The maximum Gasteiger partial charge on any atom is 0.337 e. The minimum Gasteiger partial charge on any atom is -0.478 e. The van der Waals surface area contributed by atoms with Gasteiger partial charge in [0.1, 0.15) is 0 Å². The number of sulfonamides is 1. The minimum atomic E-state index is -3.85. The number of carboxylic acid groups (broad SMARTS) is 1. The molecule has 0 spiro atoms. The highest BCUT2D eigenvalue weighted by Gasteiger charge is 2.27. The summed E-state index contributed by atoms with van der Waals surface area (Å²) in [5, 5.41) is 9.05. The average molecular weight is 284 g/mol. The number of nitrogens with one attached hydrogen (secondary N) is 1. The second-order valence-electron chi connectivity index (χ2n) is 4.66. The van der Waals surface area contributed by atoms with Gasteiger partial charge in [-0.1, -0.05) is 12.8 Å². The fraction of sp³-hybridized carbons (Fsp3) is 0.417. The van der Waals surface area contributed by atoms with Gasteiger partial charge >= 0.3 is 5.97 Å². The molecule has 1 fully saturated rings. The number of aromatic carboxylic acids is 1. The molecule has 1 saturated carbocycles. The van der Waals surface area contributed by atoms with Crippen LogP contribution in [0.25, 0.3) is 0 Å². The van der Waals surface area contributed by atoms with Crippen molar-refractivity contribution >= 4 is 21.7 Å². The number of rotatable bonds is 4. The van der Waals surface area contributed by atoms with Crippen molar-refractivity contribution < 1.29 is 18.3 Å². The van der Waals surface area contributed by atoms with E-state index in [0.717, 1.165) is 25.7 Å². The van der Waals surface area contributed by atoms with Gasteiger partial charge in [0, 0.05) is 11.7 Å². The Labute approximate surface area is 111 Å². The van der Waals surface area contributed by atoms with Crippen LogP contribution in [0.1, 0.15) is 36.0 Å². The number of benzene rings is 1. The second-order valence-corrected chi connectivity index (χ2v) is 6.35. The lowest BCUT2D eigenvalue weighted by molar-refractivity contribution is 0.0692. The Morgan fingerprint density at radius 3 is 2.53 bits per heavy atom. The maximum absolute atomic E-state index is 12.2. The molecule has 0 unspecified atom stereocenters. The summed E-state index contributed by atoms with van der Waals surface area (Å²) in [6, 6.07) is 3.65.